The smallest absolute Gasteiger partial charge is 0.241 e. The minimum atomic E-state index is -0.274. The standard InChI is InChI=1S/C7H11ClN4O/c1-3-12-7(9-5(2)11-12)10-6(13)4-8/h3-4H2,1-2H3,(H,9,10,11,13). The summed E-state index contributed by atoms with van der Waals surface area (Å²) in [6, 6.07) is 0. The summed E-state index contributed by atoms with van der Waals surface area (Å²) >= 11 is 5.33. The number of aromatic nitrogens is 3. The molecule has 13 heavy (non-hydrogen) atoms. The Hall–Kier alpha value is -1.10. The molecular formula is C7H11ClN4O. The molecule has 0 saturated carbocycles. The van der Waals surface area contributed by atoms with Crippen LogP contribution in [-0.4, -0.2) is 26.6 Å². The first kappa shape index (κ1) is 9.98. The van der Waals surface area contributed by atoms with Crippen LogP contribution in [0.2, 0.25) is 0 Å². The first-order chi connectivity index (χ1) is 6.17. The third-order valence-corrected chi connectivity index (χ3v) is 1.69. The van der Waals surface area contributed by atoms with Gasteiger partial charge in [0.1, 0.15) is 11.7 Å². The van der Waals surface area contributed by atoms with Crippen LogP contribution in [0.15, 0.2) is 0 Å². The maximum atomic E-state index is 10.9. The average molecular weight is 203 g/mol. The van der Waals surface area contributed by atoms with Gasteiger partial charge in [0.25, 0.3) is 0 Å². The predicted molar refractivity (Wildman–Crippen MR) is 49.8 cm³/mol. The Morgan fingerprint density at radius 3 is 2.92 bits per heavy atom. The van der Waals surface area contributed by atoms with Gasteiger partial charge in [-0.15, -0.1) is 11.6 Å². The highest BCUT2D eigenvalue weighted by Crippen LogP contribution is 2.03. The van der Waals surface area contributed by atoms with Gasteiger partial charge < -0.3 is 0 Å². The SMILES string of the molecule is CCn1nc(C)nc1NC(=O)CCl. The second-order valence-electron chi connectivity index (χ2n) is 2.48. The molecule has 1 aromatic rings. The Bertz CT molecular complexity index is 309. The molecule has 6 heteroatoms. The maximum absolute atomic E-state index is 10.9. The topological polar surface area (TPSA) is 59.8 Å². The Morgan fingerprint density at radius 1 is 1.69 bits per heavy atom. The largest absolute Gasteiger partial charge is 0.294 e. The van der Waals surface area contributed by atoms with Gasteiger partial charge in [-0.05, 0) is 13.8 Å². The Labute approximate surface area is 81.1 Å². The summed E-state index contributed by atoms with van der Waals surface area (Å²) in [6.07, 6.45) is 0. The molecular weight excluding hydrogens is 192 g/mol. The van der Waals surface area contributed by atoms with Gasteiger partial charge in [-0.3, -0.25) is 10.1 Å². The van der Waals surface area contributed by atoms with E-state index >= 15 is 0 Å². The van der Waals surface area contributed by atoms with E-state index in [4.69, 9.17) is 11.6 Å². The molecule has 1 amide bonds. The summed E-state index contributed by atoms with van der Waals surface area (Å²) in [5.74, 6) is 0.733. The molecule has 1 heterocycles. The van der Waals surface area contributed by atoms with Crippen LogP contribution in [0.5, 0.6) is 0 Å². The van der Waals surface area contributed by atoms with Gasteiger partial charge in [0.05, 0.1) is 0 Å². The number of halogens is 1. The number of amides is 1. The number of hydrogen-bond donors (Lipinski definition) is 1. The second-order valence-corrected chi connectivity index (χ2v) is 2.75. The van der Waals surface area contributed by atoms with Gasteiger partial charge in [-0.2, -0.15) is 10.1 Å². The van der Waals surface area contributed by atoms with Crippen LogP contribution < -0.4 is 5.32 Å². The van der Waals surface area contributed by atoms with Gasteiger partial charge in [0.2, 0.25) is 11.9 Å². The number of rotatable bonds is 3. The number of nitrogens with one attached hydrogen (secondary N) is 1. The van der Waals surface area contributed by atoms with E-state index in [0.717, 1.165) is 0 Å². The molecule has 1 N–H and O–H groups in total. The highest BCUT2D eigenvalue weighted by atomic mass is 35.5. The van der Waals surface area contributed by atoms with Crippen molar-refractivity contribution in [1.82, 2.24) is 14.8 Å². The van der Waals surface area contributed by atoms with Crippen LogP contribution in [0.1, 0.15) is 12.7 Å². The lowest BCUT2D eigenvalue weighted by molar-refractivity contribution is -0.114. The molecule has 72 valence electrons. The number of alkyl halides is 1. The lowest BCUT2D eigenvalue weighted by Gasteiger charge is -2.01. The number of anilines is 1. The summed E-state index contributed by atoms with van der Waals surface area (Å²) in [5.41, 5.74) is 0. The Morgan fingerprint density at radius 2 is 2.38 bits per heavy atom. The van der Waals surface area contributed by atoms with E-state index in [2.05, 4.69) is 15.4 Å². The zero-order valence-electron chi connectivity index (χ0n) is 7.54. The van der Waals surface area contributed by atoms with E-state index in [0.29, 0.717) is 18.3 Å². The molecule has 0 aliphatic rings. The lowest BCUT2D eigenvalue weighted by atomic mass is 10.6. The number of carbonyl (C=O) groups is 1. The molecule has 0 atom stereocenters. The van der Waals surface area contributed by atoms with Crippen molar-refractivity contribution in [2.24, 2.45) is 0 Å². The maximum Gasteiger partial charge on any atom is 0.241 e. The van der Waals surface area contributed by atoms with Crippen LogP contribution in [0.4, 0.5) is 5.95 Å². The average Bonchev–Trinajstić information content (AvgIpc) is 2.46. The third-order valence-electron chi connectivity index (χ3n) is 1.45. The zero-order valence-corrected chi connectivity index (χ0v) is 8.30. The highest BCUT2D eigenvalue weighted by molar-refractivity contribution is 6.28. The summed E-state index contributed by atoms with van der Waals surface area (Å²) in [7, 11) is 0. The fraction of sp³-hybridized carbons (Fsp3) is 0.571. The van der Waals surface area contributed by atoms with Crippen molar-refractivity contribution < 1.29 is 4.79 Å². The predicted octanol–water partition coefficient (Wildman–Crippen LogP) is 0.784. The van der Waals surface area contributed by atoms with Crippen molar-refractivity contribution in [3.05, 3.63) is 5.82 Å². The van der Waals surface area contributed by atoms with Crippen LogP contribution in [-0.2, 0) is 11.3 Å². The Kier molecular flexibility index (Phi) is 3.25. The van der Waals surface area contributed by atoms with Crippen LogP contribution in [0, 0.1) is 6.92 Å². The van der Waals surface area contributed by atoms with Crippen molar-refractivity contribution in [2.45, 2.75) is 20.4 Å². The van der Waals surface area contributed by atoms with Gasteiger partial charge in [-0.1, -0.05) is 0 Å². The molecule has 0 aliphatic carbocycles. The Balaban J connectivity index is 2.80. The van der Waals surface area contributed by atoms with E-state index in [-0.39, 0.29) is 11.8 Å². The van der Waals surface area contributed by atoms with E-state index in [1.165, 1.54) is 0 Å². The first-order valence-electron chi connectivity index (χ1n) is 3.94. The van der Waals surface area contributed by atoms with Crippen LogP contribution in [0.25, 0.3) is 0 Å². The molecule has 0 spiro atoms. The zero-order chi connectivity index (χ0) is 9.84. The summed E-state index contributed by atoms with van der Waals surface area (Å²) in [5, 5.41) is 6.61. The summed E-state index contributed by atoms with van der Waals surface area (Å²) in [6.45, 7) is 4.35. The van der Waals surface area contributed by atoms with Crippen molar-refractivity contribution >= 4 is 23.5 Å². The number of hydrogen-bond acceptors (Lipinski definition) is 3. The van der Waals surface area contributed by atoms with E-state index < -0.39 is 0 Å². The van der Waals surface area contributed by atoms with Crippen LogP contribution in [0.3, 0.4) is 0 Å². The van der Waals surface area contributed by atoms with Crippen LogP contribution >= 0.6 is 11.6 Å². The van der Waals surface area contributed by atoms with Crippen molar-refractivity contribution in [1.29, 1.82) is 0 Å². The summed E-state index contributed by atoms with van der Waals surface area (Å²) < 4.78 is 1.61. The molecule has 0 bridgehead atoms. The lowest BCUT2D eigenvalue weighted by Crippen LogP contribution is -2.16. The van der Waals surface area contributed by atoms with E-state index in [1.807, 2.05) is 6.92 Å². The molecule has 0 aromatic carbocycles. The quantitative estimate of drug-likeness (QED) is 0.737. The number of carbonyl (C=O) groups excluding carboxylic acids is 1. The minimum absolute atomic E-state index is 0.0738. The van der Waals surface area contributed by atoms with Gasteiger partial charge in [0.15, 0.2) is 0 Å². The molecule has 0 unspecified atom stereocenters. The van der Waals surface area contributed by atoms with E-state index in [9.17, 15) is 4.79 Å². The number of nitrogens with zero attached hydrogens (tertiary/aromatic N) is 3. The normalized spacial score (nSPS) is 10.1. The van der Waals surface area contributed by atoms with Crippen molar-refractivity contribution in [2.75, 3.05) is 11.2 Å². The second kappa shape index (κ2) is 4.23. The fourth-order valence-electron chi connectivity index (χ4n) is 0.926. The van der Waals surface area contributed by atoms with Crippen molar-refractivity contribution in [3.8, 4) is 0 Å². The van der Waals surface area contributed by atoms with Gasteiger partial charge in [-0.25, -0.2) is 4.68 Å². The molecule has 0 aliphatic heterocycles. The highest BCUT2D eigenvalue weighted by Gasteiger charge is 2.08. The first-order valence-corrected chi connectivity index (χ1v) is 4.48. The number of aryl methyl sites for hydroxylation is 2. The molecule has 0 fully saturated rings. The van der Waals surface area contributed by atoms with Crippen molar-refractivity contribution in [3.63, 3.8) is 0 Å². The monoisotopic (exact) mass is 202 g/mol. The molecule has 5 nitrogen and oxygen atoms in total. The third kappa shape index (κ3) is 2.42. The molecule has 1 aromatic heterocycles. The molecule has 0 radical (unpaired) electrons. The van der Waals surface area contributed by atoms with Gasteiger partial charge in [0, 0.05) is 6.54 Å². The summed E-state index contributed by atoms with van der Waals surface area (Å²) in [4.78, 5) is 15.0. The van der Waals surface area contributed by atoms with Gasteiger partial charge >= 0.3 is 0 Å². The fourth-order valence-corrected chi connectivity index (χ4v) is 0.993. The molecule has 1 rings (SSSR count). The molecule has 0 saturated heterocycles. The minimum Gasteiger partial charge on any atom is -0.294 e. The van der Waals surface area contributed by atoms with E-state index in [1.54, 1.807) is 11.6 Å².